The Morgan fingerprint density at radius 1 is 1.05 bits per heavy atom. The second kappa shape index (κ2) is 5.43. The summed E-state index contributed by atoms with van der Waals surface area (Å²) in [6.07, 6.45) is 1.78. The van der Waals surface area contributed by atoms with Crippen LogP contribution in [0.25, 0.3) is 11.5 Å². The molecule has 0 N–H and O–H groups in total. The maximum absolute atomic E-state index is 6.20. The molecule has 100 valence electrons. The molecular formula is C14H15Cl2N3. The van der Waals surface area contributed by atoms with E-state index in [1.165, 1.54) is 0 Å². The minimum atomic E-state index is 0.182. The number of halogens is 2. The number of hydrogen-bond donors (Lipinski definition) is 0. The van der Waals surface area contributed by atoms with Crippen LogP contribution < -0.4 is 0 Å². The molecule has 2 rings (SSSR count). The van der Waals surface area contributed by atoms with E-state index < -0.39 is 0 Å². The zero-order valence-corrected chi connectivity index (χ0v) is 12.8. The molecule has 0 bridgehead atoms. The highest BCUT2D eigenvalue weighted by molar-refractivity contribution is 6.34. The summed E-state index contributed by atoms with van der Waals surface area (Å²) in [6, 6.07) is 2.03. The Morgan fingerprint density at radius 3 is 2.11 bits per heavy atom. The van der Waals surface area contributed by atoms with Crippen LogP contribution in [0, 0.1) is 13.8 Å². The second-order valence-electron chi connectivity index (χ2n) is 4.88. The first-order valence-electron chi connectivity index (χ1n) is 6.06. The first kappa shape index (κ1) is 14.2. The molecule has 19 heavy (non-hydrogen) atoms. The van der Waals surface area contributed by atoms with Crippen molar-refractivity contribution in [2.45, 2.75) is 33.6 Å². The van der Waals surface area contributed by atoms with Crippen molar-refractivity contribution in [3.05, 3.63) is 39.3 Å². The quantitative estimate of drug-likeness (QED) is 0.761. The lowest BCUT2D eigenvalue weighted by Gasteiger charge is -2.11. The zero-order chi connectivity index (χ0) is 14.2. The van der Waals surface area contributed by atoms with Gasteiger partial charge in [0.25, 0.3) is 0 Å². The van der Waals surface area contributed by atoms with Gasteiger partial charge in [-0.05, 0) is 30.9 Å². The number of aromatic nitrogens is 3. The van der Waals surface area contributed by atoms with Gasteiger partial charge in [0.15, 0.2) is 5.82 Å². The van der Waals surface area contributed by atoms with Crippen LogP contribution in [0.4, 0.5) is 0 Å². The van der Waals surface area contributed by atoms with Crippen LogP contribution in [0.3, 0.4) is 0 Å². The molecule has 0 amide bonds. The lowest BCUT2D eigenvalue weighted by atomic mass is 10.1. The average Bonchev–Trinajstić information content (AvgIpc) is 2.26. The third kappa shape index (κ3) is 2.88. The van der Waals surface area contributed by atoms with Crippen molar-refractivity contribution >= 4 is 23.2 Å². The number of aryl methyl sites for hydroxylation is 2. The summed E-state index contributed by atoms with van der Waals surface area (Å²) in [7, 11) is 0. The van der Waals surface area contributed by atoms with Crippen LogP contribution in [-0.2, 0) is 0 Å². The van der Waals surface area contributed by atoms with Crippen molar-refractivity contribution in [1.82, 2.24) is 15.0 Å². The topological polar surface area (TPSA) is 38.7 Å². The Hall–Kier alpha value is -1.19. The van der Waals surface area contributed by atoms with Crippen molar-refractivity contribution < 1.29 is 0 Å². The zero-order valence-electron chi connectivity index (χ0n) is 11.3. The molecule has 5 heteroatoms. The molecule has 0 aliphatic heterocycles. The third-order valence-electron chi connectivity index (χ3n) is 2.86. The van der Waals surface area contributed by atoms with Crippen LogP contribution in [-0.4, -0.2) is 15.0 Å². The molecule has 0 saturated heterocycles. The van der Waals surface area contributed by atoms with Gasteiger partial charge in [0.2, 0.25) is 0 Å². The predicted octanol–water partition coefficient (Wildman–Crippen LogP) is 4.59. The highest BCUT2D eigenvalue weighted by Gasteiger charge is 2.17. The van der Waals surface area contributed by atoms with E-state index in [1.807, 2.05) is 33.8 Å². The molecule has 2 aromatic heterocycles. The van der Waals surface area contributed by atoms with E-state index in [-0.39, 0.29) is 5.92 Å². The van der Waals surface area contributed by atoms with Gasteiger partial charge in [-0.1, -0.05) is 43.1 Å². The molecule has 0 aromatic carbocycles. The fourth-order valence-corrected chi connectivity index (χ4v) is 2.77. The van der Waals surface area contributed by atoms with Crippen molar-refractivity contribution in [3.8, 4) is 11.5 Å². The first-order chi connectivity index (χ1) is 8.90. The van der Waals surface area contributed by atoms with Crippen LogP contribution in [0.5, 0.6) is 0 Å². The molecule has 2 aromatic rings. The summed E-state index contributed by atoms with van der Waals surface area (Å²) < 4.78 is 0. The van der Waals surface area contributed by atoms with E-state index in [2.05, 4.69) is 15.0 Å². The molecule has 0 fully saturated rings. The van der Waals surface area contributed by atoms with Gasteiger partial charge in [-0.2, -0.15) is 0 Å². The van der Waals surface area contributed by atoms with Gasteiger partial charge in [0.1, 0.15) is 16.0 Å². The Morgan fingerprint density at radius 2 is 1.63 bits per heavy atom. The summed E-state index contributed by atoms with van der Waals surface area (Å²) in [4.78, 5) is 13.0. The molecule has 0 aliphatic rings. The maximum Gasteiger partial charge on any atom is 0.181 e. The standard InChI is InChI=1S/C14H15Cl2N3/c1-7(2)10-12(15)18-14(19-13(10)16)11-9(4)5-8(3)6-17-11/h5-7H,1-4H3. The Kier molecular flexibility index (Phi) is 4.07. The Labute approximate surface area is 123 Å². The summed E-state index contributed by atoms with van der Waals surface area (Å²) >= 11 is 12.4. The fourth-order valence-electron chi connectivity index (χ4n) is 1.95. The molecule has 3 nitrogen and oxygen atoms in total. The Balaban J connectivity index is 2.58. The summed E-state index contributed by atoms with van der Waals surface area (Å²) in [5.74, 6) is 0.651. The number of rotatable bonds is 2. The van der Waals surface area contributed by atoms with E-state index in [1.54, 1.807) is 6.20 Å². The fraction of sp³-hybridized carbons (Fsp3) is 0.357. The number of nitrogens with zero attached hydrogens (tertiary/aromatic N) is 3. The van der Waals surface area contributed by atoms with Crippen LogP contribution >= 0.6 is 23.2 Å². The van der Waals surface area contributed by atoms with Crippen molar-refractivity contribution in [3.63, 3.8) is 0 Å². The van der Waals surface area contributed by atoms with Crippen molar-refractivity contribution in [2.75, 3.05) is 0 Å². The lowest BCUT2D eigenvalue weighted by molar-refractivity contribution is 0.847. The van der Waals surface area contributed by atoms with E-state index in [4.69, 9.17) is 23.2 Å². The van der Waals surface area contributed by atoms with Crippen LogP contribution in [0.2, 0.25) is 10.3 Å². The SMILES string of the molecule is Cc1cnc(-c2nc(Cl)c(C(C)C)c(Cl)n2)c(C)c1. The van der Waals surface area contributed by atoms with Gasteiger partial charge in [0, 0.05) is 11.8 Å². The summed E-state index contributed by atoms with van der Waals surface area (Å²) in [6.45, 7) is 7.97. The molecule has 0 atom stereocenters. The van der Waals surface area contributed by atoms with Gasteiger partial charge >= 0.3 is 0 Å². The number of pyridine rings is 1. The normalized spacial score (nSPS) is 11.1. The molecule has 0 saturated carbocycles. The molecular weight excluding hydrogens is 281 g/mol. The second-order valence-corrected chi connectivity index (χ2v) is 5.59. The maximum atomic E-state index is 6.20. The third-order valence-corrected chi connectivity index (χ3v) is 3.43. The highest BCUT2D eigenvalue weighted by Crippen LogP contribution is 2.31. The van der Waals surface area contributed by atoms with E-state index in [9.17, 15) is 0 Å². The van der Waals surface area contributed by atoms with Crippen LogP contribution in [0.15, 0.2) is 12.3 Å². The Bertz CT molecular complexity index is 601. The monoisotopic (exact) mass is 295 g/mol. The summed E-state index contributed by atoms with van der Waals surface area (Å²) in [5.41, 5.74) is 3.59. The van der Waals surface area contributed by atoms with Gasteiger partial charge in [-0.3, -0.25) is 4.98 Å². The van der Waals surface area contributed by atoms with Crippen LogP contribution in [0.1, 0.15) is 36.5 Å². The van der Waals surface area contributed by atoms with E-state index in [0.717, 1.165) is 16.7 Å². The number of hydrogen-bond acceptors (Lipinski definition) is 3. The largest absolute Gasteiger partial charge is 0.252 e. The molecule has 2 heterocycles. The molecule has 0 aliphatic carbocycles. The predicted molar refractivity (Wildman–Crippen MR) is 78.8 cm³/mol. The smallest absolute Gasteiger partial charge is 0.181 e. The minimum absolute atomic E-state index is 0.182. The summed E-state index contributed by atoms with van der Waals surface area (Å²) in [5, 5.41) is 0.790. The lowest BCUT2D eigenvalue weighted by Crippen LogP contribution is -2.01. The van der Waals surface area contributed by atoms with Gasteiger partial charge in [-0.15, -0.1) is 0 Å². The first-order valence-corrected chi connectivity index (χ1v) is 6.82. The van der Waals surface area contributed by atoms with E-state index >= 15 is 0 Å². The molecule has 0 radical (unpaired) electrons. The van der Waals surface area contributed by atoms with Crippen molar-refractivity contribution in [1.29, 1.82) is 0 Å². The molecule has 0 unspecified atom stereocenters. The van der Waals surface area contributed by atoms with E-state index in [0.29, 0.717) is 21.8 Å². The molecule has 0 spiro atoms. The van der Waals surface area contributed by atoms with Gasteiger partial charge < -0.3 is 0 Å². The highest BCUT2D eigenvalue weighted by atomic mass is 35.5. The van der Waals surface area contributed by atoms with Gasteiger partial charge in [-0.25, -0.2) is 9.97 Å². The van der Waals surface area contributed by atoms with Crippen molar-refractivity contribution in [2.24, 2.45) is 0 Å². The van der Waals surface area contributed by atoms with Gasteiger partial charge in [0.05, 0.1) is 0 Å². The average molecular weight is 296 g/mol. The minimum Gasteiger partial charge on any atom is -0.252 e.